The molecule has 1 aromatic rings. The van der Waals surface area contributed by atoms with Crippen molar-refractivity contribution in [3.05, 3.63) is 21.0 Å². The highest BCUT2D eigenvalue weighted by atomic mass is 79.9. The Hall–Kier alpha value is -0.490. The number of aromatic nitrogens is 2. The van der Waals surface area contributed by atoms with Crippen molar-refractivity contribution in [1.82, 2.24) is 10.2 Å². The third-order valence-electron chi connectivity index (χ3n) is 2.14. The van der Waals surface area contributed by atoms with Crippen LogP contribution >= 0.6 is 27.7 Å². The fourth-order valence-electron chi connectivity index (χ4n) is 1.28. The van der Waals surface area contributed by atoms with Crippen molar-refractivity contribution in [2.75, 3.05) is 23.9 Å². The Balaban J connectivity index is 2.27. The highest BCUT2D eigenvalue weighted by molar-refractivity contribution is 9.10. The van der Waals surface area contributed by atoms with Crippen LogP contribution in [0.5, 0.6) is 0 Å². The first kappa shape index (κ1) is 13.6. The number of rotatable bonds is 7. The van der Waals surface area contributed by atoms with Crippen molar-refractivity contribution in [3.63, 3.8) is 0 Å². The molecule has 0 aliphatic rings. The fourth-order valence-corrected chi connectivity index (χ4v) is 2.10. The van der Waals surface area contributed by atoms with Gasteiger partial charge in [-0.15, -0.1) is 0 Å². The Morgan fingerprint density at radius 2 is 2.31 bits per heavy atom. The zero-order chi connectivity index (χ0) is 11.8. The molecule has 0 atom stereocenters. The second-order valence-corrected chi connectivity index (χ2v) is 5.19. The first-order valence-electron chi connectivity index (χ1n) is 5.21. The highest BCUT2D eigenvalue weighted by Gasteiger charge is 2.02. The van der Waals surface area contributed by atoms with E-state index in [1.165, 1.54) is 18.6 Å². The van der Waals surface area contributed by atoms with Crippen molar-refractivity contribution in [1.29, 1.82) is 0 Å². The number of aromatic amines is 1. The van der Waals surface area contributed by atoms with Crippen molar-refractivity contribution >= 4 is 33.4 Å². The van der Waals surface area contributed by atoms with E-state index in [0.717, 1.165) is 18.7 Å². The average Bonchev–Trinajstić information content (AvgIpc) is 2.29. The van der Waals surface area contributed by atoms with Gasteiger partial charge in [0.05, 0.1) is 11.9 Å². The molecule has 16 heavy (non-hydrogen) atoms. The molecule has 0 bridgehead atoms. The first-order chi connectivity index (χ1) is 7.75. The second-order valence-electron chi connectivity index (χ2n) is 3.41. The van der Waals surface area contributed by atoms with Gasteiger partial charge >= 0.3 is 0 Å². The standard InChI is InChI=1S/C10H16BrN3OS/c1-16-6-4-2-3-5-12-8-7-13-14-10(15)9(8)11/h7H,2-6H2,1H3,(H2,12,14,15). The number of anilines is 1. The molecular weight excluding hydrogens is 290 g/mol. The van der Waals surface area contributed by atoms with Crippen molar-refractivity contribution < 1.29 is 0 Å². The Kier molecular flexibility index (Phi) is 6.56. The first-order valence-corrected chi connectivity index (χ1v) is 7.40. The van der Waals surface area contributed by atoms with Gasteiger partial charge in [-0.3, -0.25) is 4.79 Å². The zero-order valence-electron chi connectivity index (χ0n) is 9.25. The maximum atomic E-state index is 11.2. The van der Waals surface area contributed by atoms with Gasteiger partial charge in [-0.2, -0.15) is 16.9 Å². The molecule has 0 aliphatic carbocycles. The van der Waals surface area contributed by atoms with E-state index in [1.54, 1.807) is 6.20 Å². The van der Waals surface area contributed by atoms with Crippen LogP contribution in [0.2, 0.25) is 0 Å². The van der Waals surface area contributed by atoms with Crippen LogP contribution in [0.3, 0.4) is 0 Å². The molecule has 2 N–H and O–H groups in total. The van der Waals surface area contributed by atoms with E-state index < -0.39 is 0 Å². The van der Waals surface area contributed by atoms with Gasteiger partial charge in [0.1, 0.15) is 4.47 Å². The molecule has 1 aromatic heterocycles. The van der Waals surface area contributed by atoms with E-state index in [9.17, 15) is 4.79 Å². The summed E-state index contributed by atoms with van der Waals surface area (Å²) in [7, 11) is 0. The van der Waals surface area contributed by atoms with Gasteiger partial charge in [-0.1, -0.05) is 6.42 Å². The molecule has 0 amide bonds. The Morgan fingerprint density at radius 1 is 1.50 bits per heavy atom. The van der Waals surface area contributed by atoms with E-state index in [4.69, 9.17) is 0 Å². The number of thioether (sulfide) groups is 1. The minimum Gasteiger partial charge on any atom is -0.383 e. The molecule has 90 valence electrons. The number of nitrogens with one attached hydrogen (secondary N) is 2. The van der Waals surface area contributed by atoms with Gasteiger partial charge in [0, 0.05) is 6.54 Å². The van der Waals surface area contributed by atoms with Crippen molar-refractivity contribution in [2.45, 2.75) is 19.3 Å². The summed E-state index contributed by atoms with van der Waals surface area (Å²) in [4.78, 5) is 11.2. The van der Waals surface area contributed by atoms with Crippen LogP contribution in [0, 0.1) is 0 Å². The third-order valence-corrected chi connectivity index (χ3v) is 3.62. The van der Waals surface area contributed by atoms with E-state index in [0.29, 0.717) is 4.47 Å². The monoisotopic (exact) mass is 305 g/mol. The van der Waals surface area contributed by atoms with Gasteiger partial charge < -0.3 is 5.32 Å². The SMILES string of the molecule is CSCCCCCNc1cn[nH]c(=O)c1Br. The van der Waals surface area contributed by atoms with E-state index >= 15 is 0 Å². The average molecular weight is 306 g/mol. The van der Waals surface area contributed by atoms with Crippen LogP contribution in [0.25, 0.3) is 0 Å². The van der Waals surface area contributed by atoms with Crippen LogP contribution in [-0.2, 0) is 0 Å². The van der Waals surface area contributed by atoms with Crippen LogP contribution < -0.4 is 10.9 Å². The molecular formula is C10H16BrN3OS. The minimum absolute atomic E-state index is 0.201. The molecule has 0 saturated carbocycles. The molecule has 1 heterocycles. The molecule has 1 rings (SSSR count). The summed E-state index contributed by atoms with van der Waals surface area (Å²) in [6.07, 6.45) is 7.31. The molecule has 0 fully saturated rings. The number of unbranched alkanes of at least 4 members (excludes halogenated alkanes) is 2. The van der Waals surface area contributed by atoms with Gasteiger partial charge in [-0.05, 0) is 40.8 Å². The molecule has 0 saturated heterocycles. The molecule has 0 spiro atoms. The quantitative estimate of drug-likeness (QED) is 0.760. The lowest BCUT2D eigenvalue weighted by atomic mass is 10.2. The largest absolute Gasteiger partial charge is 0.383 e. The lowest BCUT2D eigenvalue weighted by molar-refractivity contribution is 0.748. The number of halogens is 1. The maximum absolute atomic E-state index is 11.2. The topological polar surface area (TPSA) is 57.8 Å². The van der Waals surface area contributed by atoms with Gasteiger partial charge in [-0.25, -0.2) is 5.10 Å². The summed E-state index contributed by atoms with van der Waals surface area (Å²) in [6, 6.07) is 0. The predicted molar refractivity (Wildman–Crippen MR) is 73.3 cm³/mol. The second kappa shape index (κ2) is 7.73. The van der Waals surface area contributed by atoms with Gasteiger partial charge in [0.2, 0.25) is 0 Å². The van der Waals surface area contributed by atoms with Crippen LogP contribution in [0.15, 0.2) is 15.5 Å². The number of nitrogens with zero attached hydrogens (tertiary/aromatic N) is 1. The molecule has 0 aromatic carbocycles. The number of hydrogen-bond donors (Lipinski definition) is 2. The number of H-pyrrole nitrogens is 1. The summed E-state index contributed by atoms with van der Waals surface area (Å²) in [5, 5.41) is 9.30. The Bertz CT molecular complexity index is 369. The lowest BCUT2D eigenvalue weighted by Crippen LogP contribution is -2.12. The molecule has 4 nitrogen and oxygen atoms in total. The molecule has 0 radical (unpaired) electrons. The van der Waals surface area contributed by atoms with E-state index in [-0.39, 0.29) is 5.56 Å². The predicted octanol–water partition coefficient (Wildman–Crippen LogP) is 2.48. The zero-order valence-corrected chi connectivity index (χ0v) is 11.7. The smallest absolute Gasteiger partial charge is 0.280 e. The summed E-state index contributed by atoms with van der Waals surface area (Å²) >= 11 is 5.10. The van der Waals surface area contributed by atoms with Gasteiger partial charge in [0.15, 0.2) is 0 Å². The highest BCUT2D eigenvalue weighted by Crippen LogP contribution is 2.15. The Morgan fingerprint density at radius 3 is 3.06 bits per heavy atom. The third kappa shape index (κ3) is 4.57. The van der Waals surface area contributed by atoms with E-state index in [2.05, 4.69) is 37.7 Å². The van der Waals surface area contributed by atoms with Crippen molar-refractivity contribution in [2.24, 2.45) is 0 Å². The summed E-state index contributed by atoms with van der Waals surface area (Å²) in [5.74, 6) is 1.22. The summed E-state index contributed by atoms with van der Waals surface area (Å²) in [5.41, 5.74) is 0.556. The number of hydrogen-bond acceptors (Lipinski definition) is 4. The maximum Gasteiger partial charge on any atom is 0.280 e. The van der Waals surface area contributed by atoms with Crippen LogP contribution in [0.1, 0.15) is 19.3 Å². The van der Waals surface area contributed by atoms with E-state index in [1.807, 2.05) is 11.8 Å². The Labute approximate surface area is 108 Å². The van der Waals surface area contributed by atoms with Crippen LogP contribution in [0.4, 0.5) is 5.69 Å². The fraction of sp³-hybridized carbons (Fsp3) is 0.600. The normalized spacial score (nSPS) is 10.4. The summed E-state index contributed by atoms with van der Waals surface area (Å²) < 4.78 is 0.520. The van der Waals surface area contributed by atoms with Gasteiger partial charge in [0.25, 0.3) is 5.56 Å². The van der Waals surface area contributed by atoms with Crippen LogP contribution in [-0.4, -0.2) is 28.8 Å². The molecule has 0 unspecified atom stereocenters. The summed E-state index contributed by atoms with van der Waals surface area (Å²) in [6.45, 7) is 0.873. The molecule has 0 aliphatic heterocycles. The van der Waals surface area contributed by atoms with Crippen molar-refractivity contribution in [3.8, 4) is 0 Å². The lowest BCUT2D eigenvalue weighted by Gasteiger charge is -2.06. The minimum atomic E-state index is -0.201. The molecule has 6 heteroatoms.